The van der Waals surface area contributed by atoms with Crippen molar-refractivity contribution in [3.05, 3.63) is 35.7 Å². The number of aldehydes is 1. The van der Waals surface area contributed by atoms with E-state index in [0.717, 1.165) is 42.2 Å². The van der Waals surface area contributed by atoms with Gasteiger partial charge in [-0.2, -0.15) is 0 Å². The van der Waals surface area contributed by atoms with Gasteiger partial charge in [-0.3, -0.25) is 4.79 Å². The Morgan fingerprint density at radius 2 is 2.04 bits per heavy atom. The number of nitrogens with zero attached hydrogens (tertiary/aromatic N) is 3. The number of methoxy groups -OCH3 is 1. The van der Waals surface area contributed by atoms with E-state index in [1.165, 1.54) is 32.1 Å². The molecule has 0 saturated heterocycles. The molecule has 0 amide bonds. The van der Waals surface area contributed by atoms with Gasteiger partial charge >= 0.3 is 0 Å². The predicted molar refractivity (Wildman–Crippen MR) is 88.2 cm³/mol. The lowest BCUT2D eigenvalue weighted by molar-refractivity contribution is 0.111. The molecule has 0 radical (unpaired) electrons. The minimum Gasteiger partial charge on any atom is -0.494 e. The summed E-state index contributed by atoms with van der Waals surface area (Å²) in [4.78, 5) is 11.3. The predicted octanol–water partition coefficient (Wildman–Crippen LogP) is 3.60. The molecule has 1 aromatic heterocycles. The Kier molecular flexibility index (Phi) is 5.05. The molecule has 5 nitrogen and oxygen atoms in total. The van der Waals surface area contributed by atoms with Crippen molar-refractivity contribution in [2.75, 3.05) is 7.11 Å². The van der Waals surface area contributed by atoms with Crippen LogP contribution in [0.3, 0.4) is 0 Å². The second-order valence-electron chi connectivity index (χ2n) is 6.17. The molecule has 0 bridgehead atoms. The molecule has 1 aromatic carbocycles. The molecule has 0 atom stereocenters. The number of rotatable bonds is 6. The van der Waals surface area contributed by atoms with Crippen LogP contribution in [-0.2, 0) is 6.42 Å². The number of hydrogen-bond donors (Lipinski definition) is 0. The molecule has 0 unspecified atom stereocenters. The molecular formula is C18H23N3O2. The van der Waals surface area contributed by atoms with E-state index in [-0.39, 0.29) is 0 Å². The van der Waals surface area contributed by atoms with Crippen LogP contribution in [0.4, 0.5) is 0 Å². The fraction of sp³-hybridized carbons (Fsp3) is 0.500. The molecule has 5 heteroatoms. The quantitative estimate of drug-likeness (QED) is 0.765. The lowest BCUT2D eigenvalue weighted by Gasteiger charge is -2.21. The molecule has 0 spiro atoms. The molecular weight excluding hydrogens is 290 g/mol. The first-order valence-corrected chi connectivity index (χ1v) is 8.36. The summed E-state index contributed by atoms with van der Waals surface area (Å²) >= 11 is 0. The van der Waals surface area contributed by atoms with E-state index in [4.69, 9.17) is 4.74 Å². The molecule has 0 aliphatic heterocycles. The normalized spacial score (nSPS) is 15.5. The van der Waals surface area contributed by atoms with Gasteiger partial charge in [0.1, 0.15) is 17.1 Å². The molecule has 2 aromatic rings. The van der Waals surface area contributed by atoms with E-state index in [9.17, 15) is 4.79 Å². The average molecular weight is 313 g/mol. The number of aromatic nitrogens is 3. The first kappa shape index (κ1) is 15.7. The van der Waals surface area contributed by atoms with Gasteiger partial charge in [0.15, 0.2) is 6.29 Å². The summed E-state index contributed by atoms with van der Waals surface area (Å²) in [7, 11) is 1.64. The zero-order chi connectivity index (χ0) is 16.1. The van der Waals surface area contributed by atoms with Crippen molar-refractivity contribution in [1.29, 1.82) is 0 Å². The van der Waals surface area contributed by atoms with Crippen molar-refractivity contribution in [3.8, 4) is 11.4 Å². The van der Waals surface area contributed by atoms with E-state index in [0.29, 0.717) is 5.69 Å². The van der Waals surface area contributed by atoms with Gasteiger partial charge in [-0.15, -0.1) is 5.10 Å². The summed E-state index contributed by atoms with van der Waals surface area (Å²) in [5.74, 6) is 1.48. The minimum absolute atomic E-state index is 0.437. The standard InChI is InChI=1S/C18H23N3O2/c1-23-18-10-6-5-9-17(18)21-16(15(13-22)19-20-21)12-11-14-7-3-2-4-8-14/h5-6,9-10,13-14H,2-4,7-8,11-12H2,1H3. The minimum atomic E-state index is 0.437. The van der Waals surface area contributed by atoms with Crippen LogP contribution >= 0.6 is 0 Å². The zero-order valence-electron chi connectivity index (χ0n) is 13.6. The Hall–Kier alpha value is -2.17. The summed E-state index contributed by atoms with van der Waals surface area (Å²) in [5, 5.41) is 8.22. The summed E-state index contributed by atoms with van der Waals surface area (Å²) < 4.78 is 7.17. The SMILES string of the molecule is COc1ccccc1-n1nnc(C=O)c1CCC1CCCCC1. The molecule has 1 heterocycles. The van der Waals surface area contributed by atoms with Crippen molar-refractivity contribution in [1.82, 2.24) is 15.0 Å². The third-order valence-corrected chi connectivity index (χ3v) is 4.73. The summed E-state index contributed by atoms with van der Waals surface area (Å²) in [6, 6.07) is 7.68. The fourth-order valence-electron chi connectivity index (χ4n) is 3.45. The average Bonchev–Trinajstić information content (AvgIpc) is 3.03. The number of para-hydroxylation sites is 2. The maximum Gasteiger partial charge on any atom is 0.172 e. The maximum absolute atomic E-state index is 11.3. The van der Waals surface area contributed by atoms with E-state index < -0.39 is 0 Å². The van der Waals surface area contributed by atoms with E-state index >= 15 is 0 Å². The van der Waals surface area contributed by atoms with Gasteiger partial charge in [-0.05, 0) is 30.9 Å². The van der Waals surface area contributed by atoms with Crippen molar-refractivity contribution < 1.29 is 9.53 Å². The zero-order valence-corrected chi connectivity index (χ0v) is 13.6. The van der Waals surface area contributed by atoms with Crippen LogP contribution in [0, 0.1) is 5.92 Å². The largest absolute Gasteiger partial charge is 0.494 e. The maximum atomic E-state index is 11.3. The van der Waals surface area contributed by atoms with Gasteiger partial charge in [-0.25, -0.2) is 4.68 Å². The first-order chi connectivity index (χ1) is 11.3. The highest BCUT2D eigenvalue weighted by Gasteiger charge is 2.19. The van der Waals surface area contributed by atoms with Gasteiger partial charge in [0, 0.05) is 0 Å². The van der Waals surface area contributed by atoms with Gasteiger partial charge in [0.25, 0.3) is 0 Å². The van der Waals surface area contributed by atoms with Crippen LogP contribution < -0.4 is 4.74 Å². The first-order valence-electron chi connectivity index (χ1n) is 8.36. The van der Waals surface area contributed by atoms with Crippen molar-refractivity contribution in [2.24, 2.45) is 5.92 Å². The lowest BCUT2D eigenvalue weighted by Crippen LogP contribution is -2.11. The third kappa shape index (κ3) is 3.44. The second kappa shape index (κ2) is 7.40. The van der Waals surface area contributed by atoms with Gasteiger partial charge in [0.2, 0.25) is 0 Å². The Labute approximate surface area is 136 Å². The van der Waals surface area contributed by atoms with Crippen molar-refractivity contribution in [3.63, 3.8) is 0 Å². The van der Waals surface area contributed by atoms with Crippen LogP contribution in [0.15, 0.2) is 24.3 Å². The van der Waals surface area contributed by atoms with Crippen LogP contribution in [0.25, 0.3) is 5.69 Å². The van der Waals surface area contributed by atoms with Crippen LogP contribution in [0.5, 0.6) is 5.75 Å². The third-order valence-electron chi connectivity index (χ3n) is 4.73. The van der Waals surface area contributed by atoms with Crippen molar-refractivity contribution >= 4 is 6.29 Å². The molecule has 1 aliphatic rings. The highest BCUT2D eigenvalue weighted by molar-refractivity contribution is 5.73. The number of carbonyl (C=O) groups is 1. The fourth-order valence-corrected chi connectivity index (χ4v) is 3.45. The Balaban J connectivity index is 1.86. The van der Waals surface area contributed by atoms with Gasteiger partial charge in [-0.1, -0.05) is 49.5 Å². The molecule has 23 heavy (non-hydrogen) atoms. The summed E-state index contributed by atoms with van der Waals surface area (Å²) in [6.07, 6.45) is 9.32. The highest BCUT2D eigenvalue weighted by Crippen LogP contribution is 2.29. The topological polar surface area (TPSA) is 57.0 Å². The molecule has 3 rings (SSSR count). The number of benzene rings is 1. The monoisotopic (exact) mass is 313 g/mol. The Morgan fingerprint density at radius 1 is 1.26 bits per heavy atom. The molecule has 1 fully saturated rings. The van der Waals surface area contributed by atoms with E-state index in [1.54, 1.807) is 11.8 Å². The second-order valence-corrected chi connectivity index (χ2v) is 6.17. The van der Waals surface area contributed by atoms with E-state index in [1.807, 2.05) is 24.3 Å². The lowest BCUT2D eigenvalue weighted by atomic mass is 9.85. The number of carbonyl (C=O) groups excluding carboxylic acids is 1. The highest BCUT2D eigenvalue weighted by atomic mass is 16.5. The molecule has 1 saturated carbocycles. The van der Waals surface area contributed by atoms with E-state index in [2.05, 4.69) is 10.3 Å². The summed E-state index contributed by atoms with van der Waals surface area (Å²) in [6.45, 7) is 0. The Bertz CT molecular complexity index is 660. The van der Waals surface area contributed by atoms with Crippen molar-refractivity contribution in [2.45, 2.75) is 44.9 Å². The number of hydrogen-bond acceptors (Lipinski definition) is 4. The molecule has 1 aliphatic carbocycles. The van der Waals surface area contributed by atoms with Gasteiger partial charge < -0.3 is 4.74 Å². The number of ether oxygens (including phenoxy) is 1. The van der Waals surface area contributed by atoms with Gasteiger partial charge in [0.05, 0.1) is 12.8 Å². The molecule has 122 valence electrons. The Morgan fingerprint density at radius 3 is 2.78 bits per heavy atom. The summed E-state index contributed by atoms with van der Waals surface area (Å²) in [5.41, 5.74) is 2.15. The van der Waals surface area contributed by atoms with Crippen LogP contribution in [0.2, 0.25) is 0 Å². The van der Waals surface area contributed by atoms with Crippen LogP contribution in [0.1, 0.15) is 54.7 Å². The molecule has 0 N–H and O–H groups in total. The van der Waals surface area contributed by atoms with Crippen LogP contribution in [-0.4, -0.2) is 28.4 Å². The smallest absolute Gasteiger partial charge is 0.172 e.